The Morgan fingerprint density at radius 2 is 2.15 bits per heavy atom. The summed E-state index contributed by atoms with van der Waals surface area (Å²) in [5.74, 6) is 0. The molecule has 0 aliphatic heterocycles. The second-order valence-corrected chi connectivity index (χ2v) is 5.11. The van der Waals surface area contributed by atoms with E-state index in [1.807, 2.05) is 6.20 Å². The predicted octanol–water partition coefficient (Wildman–Crippen LogP) is 1.30. The summed E-state index contributed by atoms with van der Waals surface area (Å²) in [5.41, 5.74) is 3.60. The third-order valence-corrected chi connectivity index (χ3v) is 3.33. The highest BCUT2D eigenvalue weighted by molar-refractivity contribution is 5.26. The van der Waals surface area contributed by atoms with Gasteiger partial charge in [0.15, 0.2) is 0 Å². The molecule has 1 aromatic heterocycles. The van der Waals surface area contributed by atoms with E-state index in [2.05, 4.69) is 53.7 Å². The van der Waals surface area contributed by atoms with Crippen molar-refractivity contribution in [2.24, 2.45) is 0 Å². The third-order valence-electron chi connectivity index (χ3n) is 3.33. The van der Waals surface area contributed by atoms with Crippen LogP contribution in [0, 0.1) is 6.92 Å². The van der Waals surface area contributed by atoms with Gasteiger partial charge in [-0.3, -0.25) is 0 Å². The quantitative estimate of drug-likeness (QED) is 0.799. The molecule has 2 aromatic rings. The third kappa shape index (κ3) is 4.15. The van der Waals surface area contributed by atoms with Crippen molar-refractivity contribution in [2.75, 3.05) is 6.61 Å². The molecule has 0 aliphatic rings. The fourth-order valence-corrected chi connectivity index (χ4v) is 2.15. The van der Waals surface area contributed by atoms with Crippen LogP contribution in [-0.4, -0.2) is 32.7 Å². The van der Waals surface area contributed by atoms with Crippen molar-refractivity contribution >= 4 is 0 Å². The molecule has 0 amide bonds. The Hall–Kier alpha value is -1.72. The van der Waals surface area contributed by atoms with Crippen molar-refractivity contribution < 1.29 is 5.11 Å². The summed E-state index contributed by atoms with van der Waals surface area (Å²) in [6.45, 7) is 5.58. The Bertz CT molecular complexity index is 538. The van der Waals surface area contributed by atoms with Gasteiger partial charge in [-0.1, -0.05) is 29.5 Å². The molecule has 0 saturated heterocycles. The van der Waals surface area contributed by atoms with Gasteiger partial charge in [0.25, 0.3) is 0 Å². The summed E-state index contributed by atoms with van der Waals surface area (Å²) in [6, 6.07) is 8.83. The minimum absolute atomic E-state index is 0.0832. The minimum Gasteiger partial charge on any atom is -0.394 e. The van der Waals surface area contributed by atoms with Crippen molar-refractivity contribution in [2.45, 2.75) is 39.4 Å². The summed E-state index contributed by atoms with van der Waals surface area (Å²) in [7, 11) is 0. The zero-order chi connectivity index (χ0) is 14.4. The molecule has 1 aromatic carbocycles. The second kappa shape index (κ2) is 7.17. The number of benzene rings is 1. The summed E-state index contributed by atoms with van der Waals surface area (Å²) in [6.07, 6.45) is 2.86. The number of hydrogen-bond acceptors (Lipinski definition) is 4. The molecule has 0 fully saturated rings. The smallest absolute Gasteiger partial charge is 0.0964 e. The summed E-state index contributed by atoms with van der Waals surface area (Å²) in [4.78, 5) is 0. The Balaban J connectivity index is 1.82. The van der Waals surface area contributed by atoms with Gasteiger partial charge in [-0.15, -0.1) is 5.10 Å². The van der Waals surface area contributed by atoms with Crippen LogP contribution in [-0.2, 0) is 19.5 Å². The lowest BCUT2D eigenvalue weighted by Crippen LogP contribution is -2.28. The average molecular weight is 274 g/mol. The van der Waals surface area contributed by atoms with Gasteiger partial charge in [0.05, 0.1) is 18.8 Å². The Kier molecular flexibility index (Phi) is 5.26. The first-order valence-corrected chi connectivity index (χ1v) is 6.97. The summed E-state index contributed by atoms with van der Waals surface area (Å²) >= 11 is 0. The number of aryl methyl sites for hydroxylation is 1. The Morgan fingerprint density at radius 3 is 2.90 bits per heavy atom. The number of rotatable bonds is 7. The molecule has 1 heterocycles. The predicted molar refractivity (Wildman–Crippen MR) is 78.3 cm³/mol. The molecule has 0 aliphatic carbocycles. The molecule has 0 bridgehead atoms. The second-order valence-electron chi connectivity index (χ2n) is 5.11. The van der Waals surface area contributed by atoms with Gasteiger partial charge in [-0.2, -0.15) is 0 Å². The van der Waals surface area contributed by atoms with Gasteiger partial charge in [0.2, 0.25) is 0 Å². The van der Waals surface area contributed by atoms with Crippen LogP contribution in [0.4, 0.5) is 0 Å². The first kappa shape index (κ1) is 14.7. The molecule has 1 unspecified atom stereocenters. The van der Waals surface area contributed by atoms with E-state index >= 15 is 0 Å². The van der Waals surface area contributed by atoms with Crippen molar-refractivity contribution in [3.8, 4) is 0 Å². The molecule has 2 rings (SSSR count). The van der Waals surface area contributed by atoms with Gasteiger partial charge in [0, 0.05) is 18.8 Å². The number of nitrogens with zero attached hydrogens (tertiary/aromatic N) is 3. The van der Waals surface area contributed by atoms with E-state index < -0.39 is 0 Å². The number of aliphatic hydroxyl groups is 1. The van der Waals surface area contributed by atoms with Crippen LogP contribution in [0.1, 0.15) is 23.7 Å². The maximum absolute atomic E-state index is 8.83. The molecule has 5 heteroatoms. The lowest BCUT2D eigenvalue weighted by atomic mass is 10.0. The highest BCUT2D eigenvalue weighted by atomic mass is 16.3. The molecule has 0 spiro atoms. The Labute approximate surface area is 119 Å². The molecule has 108 valence electrons. The zero-order valence-corrected chi connectivity index (χ0v) is 12.1. The van der Waals surface area contributed by atoms with Crippen molar-refractivity contribution in [3.05, 3.63) is 47.3 Å². The molecule has 1 atom stereocenters. The normalized spacial score (nSPS) is 12.6. The summed E-state index contributed by atoms with van der Waals surface area (Å²) in [5, 5.41) is 20.3. The van der Waals surface area contributed by atoms with Gasteiger partial charge in [-0.05, 0) is 31.4 Å². The van der Waals surface area contributed by atoms with Gasteiger partial charge in [-0.25, -0.2) is 4.68 Å². The SMILES string of the molecule is Cc1ccccc1CC(C)NCc1cn(CCO)nn1. The van der Waals surface area contributed by atoms with Crippen molar-refractivity contribution in [3.63, 3.8) is 0 Å². The van der Waals surface area contributed by atoms with Crippen molar-refractivity contribution in [1.29, 1.82) is 0 Å². The van der Waals surface area contributed by atoms with Crippen molar-refractivity contribution in [1.82, 2.24) is 20.3 Å². The number of aliphatic hydroxyl groups excluding tert-OH is 1. The van der Waals surface area contributed by atoms with E-state index in [1.165, 1.54) is 11.1 Å². The lowest BCUT2D eigenvalue weighted by molar-refractivity contribution is 0.268. The molecule has 5 nitrogen and oxygen atoms in total. The largest absolute Gasteiger partial charge is 0.394 e. The van der Waals surface area contributed by atoms with Gasteiger partial charge >= 0.3 is 0 Å². The zero-order valence-electron chi connectivity index (χ0n) is 12.1. The number of hydrogen-bond donors (Lipinski definition) is 2. The first-order valence-electron chi connectivity index (χ1n) is 6.97. The van der Waals surface area contributed by atoms with Crippen LogP contribution in [0.25, 0.3) is 0 Å². The van der Waals surface area contributed by atoms with Gasteiger partial charge in [0.1, 0.15) is 0 Å². The summed E-state index contributed by atoms with van der Waals surface area (Å²) < 4.78 is 1.66. The van der Waals surface area contributed by atoms with E-state index in [4.69, 9.17) is 5.11 Å². The molecular weight excluding hydrogens is 252 g/mol. The Morgan fingerprint density at radius 1 is 1.35 bits per heavy atom. The first-order chi connectivity index (χ1) is 9.69. The van der Waals surface area contributed by atoms with E-state index in [-0.39, 0.29) is 6.61 Å². The van der Waals surface area contributed by atoms with Crippen LogP contribution in [0.5, 0.6) is 0 Å². The monoisotopic (exact) mass is 274 g/mol. The van der Waals surface area contributed by atoms with Crippen LogP contribution in [0.3, 0.4) is 0 Å². The maximum atomic E-state index is 8.83. The highest BCUT2D eigenvalue weighted by Crippen LogP contribution is 2.09. The van der Waals surface area contributed by atoms with Crippen LogP contribution >= 0.6 is 0 Å². The van der Waals surface area contributed by atoms with E-state index in [1.54, 1.807) is 4.68 Å². The topological polar surface area (TPSA) is 63.0 Å². The molecular formula is C15H22N4O. The van der Waals surface area contributed by atoms with Crippen LogP contribution < -0.4 is 5.32 Å². The molecule has 0 saturated carbocycles. The maximum Gasteiger partial charge on any atom is 0.0964 e. The van der Waals surface area contributed by atoms with Crippen LogP contribution in [0.15, 0.2) is 30.5 Å². The highest BCUT2D eigenvalue weighted by Gasteiger charge is 2.07. The van der Waals surface area contributed by atoms with Crippen LogP contribution in [0.2, 0.25) is 0 Å². The average Bonchev–Trinajstić information content (AvgIpc) is 2.87. The minimum atomic E-state index is 0.0832. The standard InChI is InChI=1S/C15H22N4O/c1-12-5-3-4-6-14(12)9-13(2)16-10-15-11-19(7-8-20)18-17-15/h3-6,11,13,16,20H,7-10H2,1-2H3. The van der Waals surface area contributed by atoms with Gasteiger partial charge < -0.3 is 10.4 Å². The fourth-order valence-electron chi connectivity index (χ4n) is 2.15. The lowest BCUT2D eigenvalue weighted by Gasteiger charge is -2.14. The number of nitrogens with one attached hydrogen (secondary N) is 1. The molecule has 0 radical (unpaired) electrons. The fraction of sp³-hybridized carbons (Fsp3) is 0.467. The van der Waals surface area contributed by atoms with E-state index in [9.17, 15) is 0 Å². The molecule has 20 heavy (non-hydrogen) atoms. The van der Waals surface area contributed by atoms with E-state index in [0.717, 1.165) is 12.1 Å². The van der Waals surface area contributed by atoms with E-state index in [0.29, 0.717) is 19.1 Å². The number of aromatic nitrogens is 3. The molecule has 2 N–H and O–H groups in total.